The van der Waals surface area contributed by atoms with Crippen molar-refractivity contribution in [1.29, 1.82) is 0 Å². The molecule has 0 radical (unpaired) electrons. The molecule has 3 heteroatoms. The van der Waals surface area contributed by atoms with Gasteiger partial charge in [0.15, 0.2) is 6.29 Å². The molecule has 0 aromatic carbocycles. The fourth-order valence-corrected chi connectivity index (χ4v) is 0.876. The molecule has 1 fully saturated rings. The van der Waals surface area contributed by atoms with E-state index in [1.807, 2.05) is 6.92 Å². The summed E-state index contributed by atoms with van der Waals surface area (Å²) in [6, 6.07) is 0. The van der Waals surface area contributed by atoms with E-state index in [0.717, 1.165) is 0 Å². The molecule has 2 atom stereocenters. The number of hydrogen-bond acceptors (Lipinski definition) is 3. The predicted molar refractivity (Wildman–Crippen MR) is 32.0 cm³/mol. The zero-order valence-corrected chi connectivity index (χ0v) is 5.54. The van der Waals surface area contributed by atoms with Crippen LogP contribution in [0.3, 0.4) is 0 Å². The maximum atomic E-state index is 9.07. The summed E-state index contributed by atoms with van der Waals surface area (Å²) >= 11 is 0. The highest BCUT2D eigenvalue weighted by atomic mass is 16.7. The normalized spacial score (nSPS) is 35.3. The minimum atomic E-state index is -0.412. The Labute approximate surface area is 54.6 Å². The highest BCUT2D eigenvalue weighted by Crippen LogP contribution is 2.13. The standard InChI is InChI=1S/C6H12O3/c1-2-8-6-5(7)3-4-9-6/h5-7H,2-4H2,1H3. The summed E-state index contributed by atoms with van der Waals surface area (Å²) in [5.41, 5.74) is 0. The van der Waals surface area contributed by atoms with Crippen LogP contribution in [0.2, 0.25) is 0 Å². The topological polar surface area (TPSA) is 38.7 Å². The second-order valence-electron chi connectivity index (χ2n) is 2.05. The second kappa shape index (κ2) is 3.15. The monoisotopic (exact) mass is 132 g/mol. The molecule has 0 bridgehead atoms. The van der Waals surface area contributed by atoms with Gasteiger partial charge in [0.05, 0.1) is 6.61 Å². The lowest BCUT2D eigenvalue weighted by Gasteiger charge is -2.12. The van der Waals surface area contributed by atoms with E-state index in [1.165, 1.54) is 0 Å². The van der Waals surface area contributed by atoms with E-state index in [4.69, 9.17) is 14.6 Å². The minimum absolute atomic E-state index is 0.366. The van der Waals surface area contributed by atoms with Gasteiger partial charge < -0.3 is 14.6 Å². The van der Waals surface area contributed by atoms with E-state index in [2.05, 4.69) is 0 Å². The predicted octanol–water partition coefficient (Wildman–Crippen LogP) is 0.130. The van der Waals surface area contributed by atoms with Crippen LogP contribution in [0.5, 0.6) is 0 Å². The largest absolute Gasteiger partial charge is 0.388 e. The third-order valence-corrected chi connectivity index (χ3v) is 1.34. The fourth-order valence-electron chi connectivity index (χ4n) is 0.876. The number of rotatable bonds is 2. The van der Waals surface area contributed by atoms with Crippen LogP contribution in [0.4, 0.5) is 0 Å². The van der Waals surface area contributed by atoms with Crippen molar-refractivity contribution in [3.63, 3.8) is 0 Å². The van der Waals surface area contributed by atoms with E-state index >= 15 is 0 Å². The lowest BCUT2D eigenvalue weighted by Crippen LogP contribution is -2.23. The summed E-state index contributed by atoms with van der Waals surface area (Å²) in [4.78, 5) is 0. The summed E-state index contributed by atoms with van der Waals surface area (Å²) in [6.45, 7) is 3.10. The van der Waals surface area contributed by atoms with Crippen molar-refractivity contribution in [3.8, 4) is 0 Å². The van der Waals surface area contributed by atoms with Crippen LogP contribution in [0, 0.1) is 0 Å². The smallest absolute Gasteiger partial charge is 0.183 e. The lowest BCUT2D eigenvalue weighted by molar-refractivity contribution is -0.146. The molecular weight excluding hydrogens is 120 g/mol. The number of aliphatic hydroxyl groups excluding tert-OH is 1. The van der Waals surface area contributed by atoms with Crippen LogP contribution in [0.15, 0.2) is 0 Å². The van der Waals surface area contributed by atoms with E-state index in [-0.39, 0.29) is 6.29 Å². The molecule has 1 aliphatic heterocycles. The van der Waals surface area contributed by atoms with Gasteiger partial charge >= 0.3 is 0 Å². The Morgan fingerprint density at radius 3 is 3.00 bits per heavy atom. The summed E-state index contributed by atoms with van der Waals surface area (Å²) < 4.78 is 10.1. The highest BCUT2D eigenvalue weighted by molar-refractivity contribution is 4.66. The first-order valence-corrected chi connectivity index (χ1v) is 3.26. The summed E-state index contributed by atoms with van der Waals surface area (Å²) in [7, 11) is 0. The van der Waals surface area contributed by atoms with Gasteiger partial charge in [-0.1, -0.05) is 0 Å². The van der Waals surface area contributed by atoms with Crippen LogP contribution in [-0.2, 0) is 9.47 Å². The molecule has 1 saturated heterocycles. The average molecular weight is 132 g/mol. The van der Waals surface area contributed by atoms with E-state index in [1.54, 1.807) is 0 Å². The molecule has 0 aliphatic carbocycles. The Kier molecular flexibility index (Phi) is 2.45. The molecule has 2 unspecified atom stereocenters. The zero-order valence-electron chi connectivity index (χ0n) is 5.54. The first-order valence-electron chi connectivity index (χ1n) is 3.26. The van der Waals surface area contributed by atoms with Crippen molar-refractivity contribution in [3.05, 3.63) is 0 Å². The van der Waals surface area contributed by atoms with Gasteiger partial charge in [-0.2, -0.15) is 0 Å². The van der Waals surface area contributed by atoms with Gasteiger partial charge in [-0.25, -0.2) is 0 Å². The summed E-state index contributed by atoms with van der Waals surface area (Å²) in [5.74, 6) is 0. The molecule has 0 saturated carbocycles. The number of ether oxygens (including phenoxy) is 2. The third kappa shape index (κ3) is 1.64. The molecule has 0 spiro atoms. The Balaban J connectivity index is 2.22. The molecule has 54 valence electrons. The summed E-state index contributed by atoms with van der Waals surface area (Å²) in [5, 5.41) is 9.07. The van der Waals surface area contributed by atoms with E-state index < -0.39 is 6.10 Å². The van der Waals surface area contributed by atoms with Crippen LogP contribution in [0.25, 0.3) is 0 Å². The second-order valence-corrected chi connectivity index (χ2v) is 2.05. The lowest BCUT2D eigenvalue weighted by atomic mass is 10.3. The molecule has 0 aromatic heterocycles. The van der Waals surface area contributed by atoms with Gasteiger partial charge in [-0.05, 0) is 6.92 Å². The van der Waals surface area contributed by atoms with Gasteiger partial charge in [-0.3, -0.25) is 0 Å². The minimum Gasteiger partial charge on any atom is -0.388 e. The first-order chi connectivity index (χ1) is 4.34. The molecule has 0 aromatic rings. The van der Waals surface area contributed by atoms with Crippen LogP contribution >= 0.6 is 0 Å². The van der Waals surface area contributed by atoms with Gasteiger partial charge in [0.2, 0.25) is 0 Å². The Morgan fingerprint density at radius 2 is 2.56 bits per heavy atom. The van der Waals surface area contributed by atoms with E-state index in [0.29, 0.717) is 19.6 Å². The van der Waals surface area contributed by atoms with Crippen LogP contribution in [-0.4, -0.2) is 30.7 Å². The molecular formula is C6H12O3. The maximum Gasteiger partial charge on any atom is 0.183 e. The molecule has 1 heterocycles. The average Bonchev–Trinajstić information content (AvgIpc) is 2.18. The van der Waals surface area contributed by atoms with Crippen LogP contribution < -0.4 is 0 Å². The van der Waals surface area contributed by atoms with Crippen LogP contribution in [0.1, 0.15) is 13.3 Å². The van der Waals surface area contributed by atoms with Crippen molar-refractivity contribution in [1.82, 2.24) is 0 Å². The van der Waals surface area contributed by atoms with Gasteiger partial charge in [0, 0.05) is 13.0 Å². The Morgan fingerprint density at radius 1 is 1.78 bits per heavy atom. The zero-order chi connectivity index (χ0) is 6.69. The molecule has 1 aliphatic rings. The highest BCUT2D eigenvalue weighted by Gasteiger charge is 2.25. The van der Waals surface area contributed by atoms with Crippen molar-refractivity contribution in [2.24, 2.45) is 0 Å². The first kappa shape index (κ1) is 6.99. The van der Waals surface area contributed by atoms with Gasteiger partial charge in [0.1, 0.15) is 6.10 Å². The van der Waals surface area contributed by atoms with Gasteiger partial charge in [0.25, 0.3) is 0 Å². The maximum absolute atomic E-state index is 9.07. The fraction of sp³-hybridized carbons (Fsp3) is 1.00. The molecule has 3 nitrogen and oxygen atoms in total. The molecule has 1 rings (SSSR count). The van der Waals surface area contributed by atoms with Crippen molar-refractivity contribution >= 4 is 0 Å². The SMILES string of the molecule is CCOC1OCCC1O. The Bertz CT molecular complexity index is 84.4. The molecule has 9 heavy (non-hydrogen) atoms. The van der Waals surface area contributed by atoms with Gasteiger partial charge in [-0.15, -0.1) is 0 Å². The van der Waals surface area contributed by atoms with Crippen molar-refractivity contribution in [2.75, 3.05) is 13.2 Å². The number of hydrogen-bond donors (Lipinski definition) is 1. The Hall–Kier alpha value is -0.120. The van der Waals surface area contributed by atoms with E-state index in [9.17, 15) is 0 Å². The third-order valence-electron chi connectivity index (χ3n) is 1.34. The molecule has 1 N–H and O–H groups in total. The van der Waals surface area contributed by atoms with Crippen molar-refractivity contribution in [2.45, 2.75) is 25.7 Å². The number of aliphatic hydroxyl groups is 1. The quantitative estimate of drug-likeness (QED) is 0.580. The summed E-state index contributed by atoms with van der Waals surface area (Å²) in [6.07, 6.45) is -0.0788. The molecule has 0 amide bonds. The van der Waals surface area contributed by atoms with Crippen molar-refractivity contribution < 1.29 is 14.6 Å².